The average Bonchev–Trinajstić information content (AvgIpc) is 3.33. The van der Waals surface area contributed by atoms with Gasteiger partial charge in [0.05, 0.1) is 18.1 Å². The van der Waals surface area contributed by atoms with Crippen molar-refractivity contribution in [2.24, 2.45) is 5.92 Å². The van der Waals surface area contributed by atoms with E-state index in [1.54, 1.807) is 0 Å². The SMILES string of the molecule is O[C@H](c1ncc(CF)s1)[C@H]1CCCN(c2nnnc3cc(N4CCOCC4)ccc23)C1. The Balaban J connectivity index is 1.38. The number of aromatic nitrogens is 4. The number of rotatable bonds is 5. The number of aliphatic hydroxyl groups excluding tert-OH is 1. The molecular weight excluding hydrogens is 419 g/mol. The summed E-state index contributed by atoms with van der Waals surface area (Å²) in [6, 6.07) is 6.22. The van der Waals surface area contributed by atoms with E-state index in [4.69, 9.17) is 4.74 Å². The maximum atomic E-state index is 12.9. The molecule has 2 aliphatic heterocycles. The van der Waals surface area contributed by atoms with Crippen LogP contribution in [0.3, 0.4) is 0 Å². The summed E-state index contributed by atoms with van der Waals surface area (Å²) in [6.45, 7) is 4.13. The Morgan fingerprint density at radius 1 is 1.19 bits per heavy atom. The van der Waals surface area contributed by atoms with Crippen molar-refractivity contribution >= 4 is 33.7 Å². The Labute approximate surface area is 183 Å². The Morgan fingerprint density at radius 2 is 2.06 bits per heavy atom. The largest absolute Gasteiger partial charge is 0.386 e. The predicted octanol–water partition coefficient (Wildman–Crippen LogP) is 2.74. The Hall–Kier alpha value is -2.43. The van der Waals surface area contributed by atoms with E-state index in [-0.39, 0.29) is 5.92 Å². The number of nitrogens with zero attached hydrogens (tertiary/aromatic N) is 6. The van der Waals surface area contributed by atoms with Crippen molar-refractivity contribution in [2.45, 2.75) is 25.6 Å². The van der Waals surface area contributed by atoms with E-state index < -0.39 is 12.8 Å². The minimum absolute atomic E-state index is 0.00463. The molecule has 164 valence electrons. The molecular formula is C21H25FN6O2S. The maximum Gasteiger partial charge on any atom is 0.162 e. The zero-order valence-electron chi connectivity index (χ0n) is 17.2. The second-order valence-corrected chi connectivity index (χ2v) is 9.15. The Bertz CT molecular complexity index is 1040. The average molecular weight is 445 g/mol. The van der Waals surface area contributed by atoms with Gasteiger partial charge in [-0.05, 0) is 36.3 Å². The van der Waals surface area contributed by atoms with E-state index in [2.05, 4.69) is 48.4 Å². The van der Waals surface area contributed by atoms with Gasteiger partial charge >= 0.3 is 0 Å². The van der Waals surface area contributed by atoms with Gasteiger partial charge in [-0.25, -0.2) is 9.37 Å². The van der Waals surface area contributed by atoms with Crippen LogP contribution in [-0.2, 0) is 11.4 Å². The number of ether oxygens (including phenoxy) is 1. The van der Waals surface area contributed by atoms with Gasteiger partial charge in [0.15, 0.2) is 5.82 Å². The Morgan fingerprint density at radius 3 is 2.87 bits per heavy atom. The van der Waals surface area contributed by atoms with Gasteiger partial charge in [-0.3, -0.25) is 0 Å². The lowest BCUT2D eigenvalue weighted by atomic mass is 9.92. The molecule has 4 heterocycles. The fraction of sp³-hybridized carbons (Fsp3) is 0.524. The number of hydrogen-bond acceptors (Lipinski definition) is 9. The normalized spacial score (nSPS) is 20.9. The molecule has 2 aliphatic rings. The first-order valence-corrected chi connectivity index (χ1v) is 11.4. The number of benzene rings is 1. The summed E-state index contributed by atoms with van der Waals surface area (Å²) in [4.78, 5) is 9.23. The number of aliphatic hydroxyl groups is 1. The van der Waals surface area contributed by atoms with Gasteiger partial charge in [0.1, 0.15) is 23.3 Å². The van der Waals surface area contributed by atoms with Crippen LogP contribution in [0, 0.1) is 5.92 Å². The number of thiazole rings is 1. The van der Waals surface area contributed by atoms with Gasteiger partial charge in [0, 0.05) is 49.4 Å². The molecule has 0 unspecified atom stereocenters. The van der Waals surface area contributed by atoms with Gasteiger partial charge < -0.3 is 19.6 Å². The van der Waals surface area contributed by atoms with Gasteiger partial charge in [0.2, 0.25) is 0 Å². The summed E-state index contributed by atoms with van der Waals surface area (Å²) in [5.41, 5.74) is 1.92. The summed E-state index contributed by atoms with van der Waals surface area (Å²) >= 11 is 1.24. The standard InChI is InChI=1S/C21H25FN6O2S/c22-11-16-12-23-21(31-16)19(29)14-2-1-5-28(13-14)20-17-4-3-15(10-18(17)24-26-25-20)27-6-8-30-9-7-27/h3-4,10,12,14,19,29H,1-2,5-9,11,13H2/t14-,19-/m0/s1. The first kappa shape index (κ1) is 20.5. The highest BCUT2D eigenvalue weighted by Crippen LogP contribution is 2.35. The van der Waals surface area contributed by atoms with Crippen molar-refractivity contribution in [3.05, 3.63) is 34.3 Å². The Kier molecular flexibility index (Phi) is 5.93. The molecule has 0 amide bonds. The van der Waals surface area contributed by atoms with Crippen molar-refractivity contribution in [1.29, 1.82) is 0 Å². The molecule has 0 bridgehead atoms. The molecule has 0 saturated carbocycles. The lowest BCUT2D eigenvalue weighted by Crippen LogP contribution is -2.38. The molecule has 0 radical (unpaired) electrons. The smallest absolute Gasteiger partial charge is 0.162 e. The van der Waals surface area contributed by atoms with E-state index in [0.717, 1.165) is 68.1 Å². The maximum absolute atomic E-state index is 12.9. The number of piperidine rings is 1. The number of hydrogen-bond donors (Lipinski definition) is 1. The first-order chi connectivity index (χ1) is 15.2. The molecule has 2 saturated heterocycles. The zero-order chi connectivity index (χ0) is 21.2. The summed E-state index contributed by atoms with van der Waals surface area (Å²) < 4.78 is 18.3. The molecule has 2 atom stereocenters. The van der Waals surface area contributed by atoms with Crippen molar-refractivity contribution in [3.8, 4) is 0 Å². The molecule has 10 heteroatoms. The van der Waals surface area contributed by atoms with Gasteiger partial charge in [-0.15, -0.1) is 21.5 Å². The minimum atomic E-state index is -0.706. The highest BCUT2D eigenvalue weighted by molar-refractivity contribution is 7.11. The number of fused-ring (bicyclic) bond motifs is 1. The van der Waals surface area contributed by atoms with E-state index in [0.29, 0.717) is 16.4 Å². The van der Waals surface area contributed by atoms with Crippen LogP contribution in [0.15, 0.2) is 24.4 Å². The zero-order valence-corrected chi connectivity index (χ0v) is 18.0. The third-order valence-electron chi connectivity index (χ3n) is 6.05. The van der Waals surface area contributed by atoms with E-state index in [9.17, 15) is 9.50 Å². The number of anilines is 2. The third kappa shape index (κ3) is 4.19. The molecule has 2 aromatic heterocycles. The summed E-state index contributed by atoms with van der Waals surface area (Å²) in [6.07, 6.45) is 2.62. The summed E-state index contributed by atoms with van der Waals surface area (Å²) in [5.74, 6) is 0.795. The number of morpholine rings is 1. The fourth-order valence-electron chi connectivity index (χ4n) is 4.39. The molecule has 31 heavy (non-hydrogen) atoms. The lowest BCUT2D eigenvalue weighted by Gasteiger charge is -2.35. The molecule has 2 fully saturated rings. The van der Waals surface area contributed by atoms with Crippen molar-refractivity contribution < 1.29 is 14.2 Å². The molecule has 3 aromatic rings. The monoisotopic (exact) mass is 444 g/mol. The molecule has 5 rings (SSSR count). The van der Waals surface area contributed by atoms with Crippen LogP contribution in [0.25, 0.3) is 10.9 Å². The van der Waals surface area contributed by atoms with Crippen molar-refractivity contribution in [1.82, 2.24) is 20.4 Å². The van der Waals surface area contributed by atoms with Gasteiger partial charge in [-0.1, -0.05) is 0 Å². The van der Waals surface area contributed by atoms with Gasteiger partial charge in [0.25, 0.3) is 0 Å². The van der Waals surface area contributed by atoms with Crippen LogP contribution in [0.4, 0.5) is 15.9 Å². The van der Waals surface area contributed by atoms with Crippen LogP contribution < -0.4 is 9.80 Å². The lowest BCUT2D eigenvalue weighted by molar-refractivity contribution is 0.0977. The van der Waals surface area contributed by atoms with Crippen LogP contribution in [-0.4, -0.2) is 64.9 Å². The van der Waals surface area contributed by atoms with E-state index in [1.165, 1.54) is 17.5 Å². The second kappa shape index (κ2) is 8.97. The molecule has 1 aromatic carbocycles. The number of halogens is 1. The van der Waals surface area contributed by atoms with Crippen molar-refractivity contribution in [2.75, 3.05) is 49.2 Å². The molecule has 1 N–H and O–H groups in total. The van der Waals surface area contributed by atoms with Crippen molar-refractivity contribution in [3.63, 3.8) is 0 Å². The van der Waals surface area contributed by atoms with E-state index >= 15 is 0 Å². The minimum Gasteiger partial charge on any atom is -0.386 e. The highest BCUT2D eigenvalue weighted by Gasteiger charge is 2.30. The quantitative estimate of drug-likeness (QED) is 0.643. The fourth-order valence-corrected chi connectivity index (χ4v) is 5.24. The van der Waals surface area contributed by atoms with Gasteiger partial charge in [-0.2, -0.15) is 0 Å². The molecule has 0 aliphatic carbocycles. The first-order valence-electron chi connectivity index (χ1n) is 10.6. The van der Waals surface area contributed by atoms with Crippen LogP contribution in [0.5, 0.6) is 0 Å². The second-order valence-electron chi connectivity index (χ2n) is 8.01. The highest BCUT2D eigenvalue weighted by atomic mass is 32.1. The van der Waals surface area contributed by atoms with Crippen LogP contribution in [0.1, 0.15) is 28.8 Å². The molecule has 0 spiro atoms. The third-order valence-corrected chi connectivity index (χ3v) is 7.08. The van der Waals surface area contributed by atoms with E-state index in [1.807, 2.05) is 0 Å². The topological polar surface area (TPSA) is 87.5 Å². The molecule has 8 nitrogen and oxygen atoms in total. The predicted molar refractivity (Wildman–Crippen MR) is 117 cm³/mol. The summed E-state index contributed by atoms with van der Waals surface area (Å²) in [5, 5.41) is 25.0. The van der Waals surface area contributed by atoms with Crippen LogP contribution in [0.2, 0.25) is 0 Å². The summed E-state index contributed by atoms with van der Waals surface area (Å²) in [7, 11) is 0. The van der Waals surface area contributed by atoms with Crippen LogP contribution >= 0.6 is 11.3 Å². The number of alkyl halides is 1.